The molecule has 0 saturated heterocycles. The van der Waals surface area contributed by atoms with Crippen molar-refractivity contribution in [2.75, 3.05) is 12.4 Å². The minimum absolute atomic E-state index is 0.308. The van der Waals surface area contributed by atoms with Gasteiger partial charge in [0.2, 0.25) is 11.8 Å². The summed E-state index contributed by atoms with van der Waals surface area (Å²) < 4.78 is 5.75. The molecule has 0 radical (unpaired) electrons. The molecule has 0 amide bonds. The summed E-state index contributed by atoms with van der Waals surface area (Å²) in [6, 6.07) is 0. The van der Waals surface area contributed by atoms with Crippen LogP contribution < -0.4 is 10.1 Å². The number of hydrogen-bond donors (Lipinski definition) is 2. The molecule has 6 heteroatoms. The van der Waals surface area contributed by atoms with Gasteiger partial charge in [0.15, 0.2) is 5.65 Å². The van der Waals surface area contributed by atoms with Gasteiger partial charge < -0.3 is 15.0 Å². The lowest BCUT2D eigenvalue weighted by molar-refractivity contribution is 0.126. The molecule has 0 unspecified atom stereocenters. The average Bonchev–Trinajstić information content (AvgIpc) is 2.63. The van der Waals surface area contributed by atoms with E-state index in [2.05, 4.69) is 25.3 Å². The number of hydrogen-bond acceptors (Lipinski definition) is 5. The molecule has 0 aromatic carbocycles. The molecule has 2 aromatic rings. The third-order valence-corrected chi connectivity index (χ3v) is 1.88. The van der Waals surface area contributed by atoms with Gasteiger partial charge in [-0.25, -0.2) is 4.98 Å². The highest BCUT2D eigenvalue weighted by atomic mass is 16.5. The molecule has 6 nitrogen and oxygen atoms in total. The fourth-order valence-corrected chi connectivity index (χ4v) is 1.28. The molecule has 0 bridgehead atoms. The zero-order valence-electron chi connectivity index (χ0n) is 9.83. The zero-order chi connectivity index (χ0) is 11.8. The van der Waals surface area contributed by atoms with Gasteiger partial charge in [-0.1, -0.05) is 0 Å². The molecule has 2 aromatic heterocycles. The first kappa shape index (κ1) is 10.7. The number of fused-ring (bicyclic) bond motifs is 1. The van der Waals surface area contributed by atoms with E-state index in [0.29, 0.717) is 23.0 Å². The highest BCUT2D eigenvalue weighted by Gasteiger charge is 2.17. The molecule has 2 N–H and O–H groups in total. The Morgan fingerprint density at radius 1 is 1.31 bits per heavy atom. The molecule has 2 heterocycles. The van der Waals surface area contributed by atoms with Crippen molar-refractivity contribution in [3.05, 3.63) is 6.33 Å². The Hall–Kier alpha value is -1.85. The Labute approximate surface area is 93.5 Å². The van der Waals surface area contributed by atoms with E-state index in [1.54, 1.807) is 13.4 Å². The minimum atomic E-state index is -0.308. The predicted molar refractivity (Wildman–Crippen MR) is 61.6 cm³/mol. The maximum absolute atomic E-state index is 5.75. The fraction of sp³-hybridized carbons (Fsp3) is 0.500. The lowest BCUT2D eigenvalue weighted by Gasteiger charge is -2.20. The van der Waals surface area contributed by atoms with E-state index in [9.17, 15) is 0 Å². The number of anilines is 1. The Balaban J connectivity index is 2.52. The summed E-state index contributed by atoms with van der Waals surface area (Å²) in [5.74, 6) is 1.01. The summed E-state index contributed by atoms with van der Waals surface area (Å²) in [6.07, 6.45) is 1.58. The number of H-pyrrole nitrogens is 1. The smallest absolute Gasteiger partial charge is 0.245 e. The van der Waals surface area contributed by atoms with Crippen LogP contribution in [0.25, 0.3) is 11.2 Å². The van der Waals surface area contributed by atoms with E-state index in [-0.39, 0.29) is 5.60 Å². The largest absolute Gasteiger partial charge is 0.470 e. The van der Waals surface area contributed by atoms with Gasteiger partial charge in [0.25, 0.3) is 0 Å². The lowest BCUT2D eigenvalue weighted by atomic mass is 10.2. The SMILES string of the molecule is CNc1nc(OC(C)(C)C)c2[nH]cnc2n1. The first-order valence-electron chi connectivity index (χ1n) is 5.07. The van der Waals surface area contributed by atoms with Crippen LogP contribution in [0, 0.1) is 0 Å². The van der Waals surface area contributed by atoms with Crippen LogP contribution in [0.3, 0.4) is 0 Å². The van der Waals surface area contributed by atoms with Crippen molar-refractivity contribution in [1.29, 1.82) is 0 Å². The first-order valence-corrected chi connectivity index (χ1v) is 5.07. The second-order valence-corrected chi connectivity index (χ2v) is 4.42. The molecule has 0 atom stereocenters. The van der Waals surface area contributed by atoms with Gasteiger partial charge in [-0.3, -0.25) is 0 Å². The van der Waals surface area contributed by atoms with Crippen LogP contribution >= 0.6 is 0 Å². The van der Waals surface area contributed by atoms with Gasteiger partial charge in [0, 0.05) is 7.05 Å². The Bertz CT molecular complexity index is 499. The number of nitrogens with zero attached hydrogens (tertiary/aromatic N) is 3. The van der Waals surface area contributed by atoms with Gasteiger partial charge in [0.1, 0.15) is 11.1 Å². The monoisotopic (exact) mass is 221 g/mol. The third-order valence-electron chi connectivity index (χ3n) is 1.88. The Morgan fingerprint density at radius 2 is 2.06 bits per heavy atom. The second kappa shape index (κ2) is 3.62. The van der Waals surface area contributed by atoms with Crippen LogP contribution in [0.4, 0.5) is 5.95 Å². The second-order valence-electron chi connectivity index (χ2n) is 4.42. The quantitative estimate of drug-likeness (QED) is 0.805. The molecular formula is C10H15N5O. The van der Waals surface area contributed by atoms with Crippen molar-refractivity contribution in [2.24, 2.45) is 0 Å². The summed E-state index contributed by atoms with van der Waals surface area (Å²) in [7, 11) is 1.76. The van der Waals surface area contributed by atoms with Gasteiger partial charge >= 0.3 is 0 Å². The average molecular weight is 221 g/mol. The van der Waals surface area contributed by atoms with E-state index >= 15 is 0 Å². The summed E-state index contributed by atoms with van der Waals surface area (Å²) >= 11 is 0. The normalized spacial score (nSPS) is 11.8. The maximum Gasteiger partial charge on any atom is 0.245 e. The topological polar surface area (TPSA) is 75.7 Å². The van der Waals surface area contributed by atoms with Crippen LogP contribution in [0.1, 0.15) is 20.8 Å². The molecule has 16 heavy (non-hydrogen) atoms. The third kappa shape index (κ3) is 2.05. The summed E-state index contributed by atoms with van der Waals surface area (Å²) in [5.41, 5.74) is 1.00. The predicted octanol–water partition coefficient (Wildman–Crippen LogP) is 1.57. The molecule has 0 saturated carbocycles. The Morgan fingerprint density at radius 3 is 2.69 bits per heavy atom. The van der Waals surface area contributed by atoms with Gasteiger partial charge in [-0.15, -0.1) is 0 Å². The molecule has 0 spiro atoms. The van der Waals surface area contributed by atoms with Crippen molar-refractivity contribution in [3.63, 3.8) is 0 Å². The number of ether oxygens (including phenoxy) is 1. The molecular weight excluding hydrogens is 206 g/mol. The highest BCUT2D eigenvalue weighted by Crippen LogP contribution is 2.24. The molecule has 0 fully saturated rings. The van der Waals surface area contributed by atoms with Crippen LogP contribution in [0.5, 0.6) is 5.88 Å². The number of nitrogens with one attached hydrogen (secondary N) is 2. The van der Waals surface area contributed by atoms with Crippen molar-refractivity contribution >= 4 is 17.1 Å². The van der Waals surface area contributed by atoms with Crippen molar-refractivity contribution in [1.82, 2.24) is 19.9 Å². The Kier molecular flexibility index (Phi) is 2.41. The molecule has 86 valence electrons. The highest BCUT2D eigenvalue weighted by molar-refractivity contribution is 5.76. The molecule has 0 aliphatic heterocycles. The van der Waals surface area contributed by atoms with E-state index in [1.807, 2.05) is 20.8 Å². The minimum Gasteiger partial charge on any atom is -0.470 e. The van der Waals surface area contributed by atoms with Gasteiger partial charge in [-0.2, -0.15) is 9.97 Å². The first-order chi connectivity index (χ1) is 7.49. The van der Waals surface area contributed by atoms with E-state index in [4.69, 9.17) is 4.74 Å². The van der Waals surface area contributed by atoms with Crippen LogP contribution in [-0.4, -0.2) is 32.6 Å². The van der Waals surface area contributed by atoms with Crippen LogP contribution in [0.2, 0.25) is 0 Å². The van der Waals surface area contributed by atoms with E-state index in [1.165, 1.54) is 0 Å². The summed E-state index contributed by atoms with van der Waals surface area (Å²) in [4.78, 5) is 15.5. The van der Waals surface area contributed by atoms with Crippen molar-refractivity contribution in [2.45, 2.75) is 26.4 Å². The molecule has 0 aliphatic rings. The van der Waals surface area contributed by atoms with Crippen molar-refractivity contribution < 1.29 is 4.74 Å². The number of aromatic amines is 1. The lowest BCUT2D eigenvalue weighted by Crippen LogP contribution is -2.24. The standard InChI is InChI=1S/C10H15N5O/c1-10(2,3)16-8-6-7(13-5-12-6)14-9(11-4)15-8/h5H,1-4H3,(H2,11,12,13,14,15). The number of aromatic nitrogens is 4. The molecule has 2 rings (SSSR count). The summed E-state index contributed by atoms with van der Waals surface area (Å²) in [5, 5.41) is 2.88. The number of rotatable bonds is 2. The zero-order valence-corrected chi connectivity index (χ0v) is 9.83. The fourth-order valence-electron chi connectivity index (χ4n) is 1.28. The van der Waals surface area contributed by atoms with E-state index < -0.39 is 0 Å². The van der Waals surface area contributed by atoms with Gasteiger partial charge in [-0.05, 0) is 20.8 Å². The van der Waals surface area contributed by atoms with Crippen LogP contribution in [-0.2, 0) is 0 Å². The van der Waals surface area contributed by atoms with Gasteiger partial charge in [0.05, 0.1) is 6.33 Å². The van der Waals surface area contributed by atoms with Crippen molar-refractivity contribution in [3.8, 4) is 5.88 Å². The maximum atomic E-state index is 5.75. The van der Waals surface area contributed by atoms with Crippen LogP contribution in [0.15, 0.2) is 6.33 Å². The summed E-state index contributed by atoms with van der Waals surface area (Å²) in [6.45, 7) is 5.91. The van der Waals surface area contributed by atoms with E-state index in [0.717, 1.165) is 0 Å². The number of imidazole rings is 1. The molecule has 0 aliphatic carbocycles.